The average molecular weight is 250 g/mol. The van der Waals surface area contributed by atoms with Crippen LogP contribution in [0.4, 0.5) is 5.69 Å². The molecule has 1 atom stereocenters. The Labute approximate surface area is 106 Å². The zero-order chi connectivity index (χ0) is 12.8. The molecule has 0 saturated carbocycles. The Morgan fingerprint density at radius 2 is 2.17 bits per heavy atom. The molecule has 1 aromatic rings. The minimum Gasteiger partial charge on any atom is -0.380 e. The summed E-state index contributed by atoms with van der Waals surface area (Å²) in [5.74, 6) is 0. The van der Waals surface area contributed by atoms with Crippen molar-refractivity contribution in [3.8, 4) is 0 Å². The van der Waals surface area contributed by atoms with Crippen LogP contribution >= 0.6 is 0 Å². The number of ether oxygens (including phenoxy) is 1. The lowest BCUT2D eigenvalue weighted by Crippen LogP contribution is -2.37. The second kappa shape index (κ2) is 6.47. The van der Waals surface area contributed by atoms with Crippen LogP contribution in [0, 0.1) is 10.1 Å². The summed E-state index contributed by atoms with van der Waals surface area (Å²) in [6, 6.07) is 7.20. The van der Waals surface area contributed by atoms with E-state index >= 15 is 0 Å². The van der Waals surface area contributed by atoms with E-state index in [1.54, 1.807) is 12.1 Å². The van der Waals surface area contributed by atoms with E-state index in [1.165, 1.54) is 6.42 Å². The lowest BCUT2D eigenvalue weighted by molar-refractivity contribution is -0.384. The minimum atomic E-state index is -0.374. The molecule has 0 radical (unpaired) electrons. The van der Waals surface area contributed by atoms with Gasteiger partial charge in [0.2, 0.25) is 0 Å². The first-order valence-electron chi connectivity index (χ1n) is 6.30. The molecule has 0 aliphatic carbocycles. The summed E-state index contributed by atoms with van der Waals surface area (Å²) < 4.78 is 5.39. The first-order chi connectivity index (χ1) is 8.75. The maximum atomic E-state index is 10.5. The van der Waals surface area contributed by atoms with Gasteiger partial charge in [-0.2, -0.15) is 0 Å². The van der Waals surface area contributed by atoms with E-state index in [1.807, 2.05) is 12.1 Å². The number of benzene rings is 1. The van der Waals surface area contributed by atoms with Crippen molar-refractivity contribution in [2.45, 2.75) is 25.3 Å². The van der Waals surface area contributed by atoms with Crippen molar-refractivity contribution < 1.29 is 9.66 Å². The van der Waals surface area contributed by atoms with E-state index < -0.39 is 0 Å². The van der Waals surface area contributed by atoms with Crippen molar-refractivity contribution >= 4 is 5.69 Å². The van der Waals surface area contributed by atoms with Gasteiger partial charge in [-0.3, -0.25) is 10.1 Å². The fourth-order valence-electron chi connectivity index (χ4n) is 2.11. The number of nitro benzene ring substituents is 1. The van der Waals surface area contributed by atoms with Gasteiger partial charge in [0, 0.05) is 24.8 Å². The molecule has 98 valence electrons. The Bertz CT molecular complexity index is 386. The van der Waals surface area contributed by atoms with Crippen LogP contribution in [0.15, 0.2) is 24.3 Å². The molecular formula is C13H18N2O3. The minimum absolute atomic E-state index is 0.146. The maximum Gasteiger partial charge on any atom is 0.269 e. The highest BCUT2D eigenvalue weighted by Gasteiger charge is 2.12. The molecule has 18 heavy (non-hydrogen) atoms. The monoisotopic (exact) mass is 250 g/mol. The fraction of sp³-hybridized carbons (Fsp3) is 0.538. The topological polar surface area (TPSA) is 64.4 Å². The number of non-ortho nitro benzene ring substituents is 1. The Balaban J connectivity index is 1.74. The first-order valence-corrected chi connectivity index (χ1v) is 6.30. The highest BCUT2D eigenvalue weighted by atomic mass is 16.6. The molecule has 1 N–H and O–H groups in total. The van der Waals surface area contributed by atoms with Gasteiger partial charge in [0.15, 0.2) is 0 Å². The van der Waals surface area contributed by atoms with Gasteiger partial charge in [0.25, 0.3) is 5.69 Å². The number of hydrogen-bond donors (Lipinski definition) is 1. The zero-order valence-electron chi connectivity index (χ0n) is 10.3. The largest absolute Gasteiger partial charge is 0.380 e. The van der Waals surface area contributed by atoms with Gasteiger partial charge in [-0.05, 0) is 31.4 Å². The molecule has 5 nitrogen and oxygen atoms in total. The standard InChI is InChI=1S/C13H18N2O3/c16-15(17)13-5-3-11(4-6-13)7-8-14-12-2-1-9-18-10-12/h3-6,12,14H,1-2,7-10H2. The van der Waals surface area contributed by atoms with Crippen LogP contribution in [-0.4, -0.2) is 30.7 Å². The number of hydrogen-bond acceptors (Lipinski definition) is 4. The van der Waals surface area contributed by atoms with Crippen molar-refractivity contribution in [3.63, 3.8) is 0 Å². The van der Waals surface area contributed by atoms with E-state index in [0.29, 0.717) is 6.04 Å². The van der Waals surface area contributed by atoms with Crippen LogP contribution < -0.4 is 5.32 Å². The fourth-order valence-corrected chi connectivity index (χ4v) is 2.11. The summed E-state index contributed by atoms with van der Waals surface area (Å²) >= 11 is 0. The summed E-state index contributed by atoms with van der Waals surface area (Å²) in [4.78, 5) is 10.1. The maximum absolute atomic E-state index is 10.5. The molecule has 0 aromatic heterocycles. The molecule has 0 spiro atoms. The molecule has 1 aliphatic heterocycles. The smallest absolute Gasteiger partial charge is 0.269 e. The van der Waals surface area contributed by atoms with Crippen LogP contribution in [-0.2, 0) is 11.2 Å². The molecular weight excluding hydrogens is 232 g/mol. The van der Waals surface area contributed by atoms with E-state index in [2.05, 4.69) is 5.32 Å². The van der Waals surface area contributed by atoms with Gasteiger partial charge in [-0.25, -0.2) is 0 Å². The molecule has 1 saturated heterocycles. The highest BCUT2D eigenvalue weighted by molar-refractivity contribution is 5.32. The van der Waals surface area contributed by atoms with E-state index in [-0.39, 0.29) is 10.6 Å². The normalized spacial score (nSPS) is 19.7. The Hall–Kier alpha value is -1.46. The number of rotatable bonds is 5. The third-order valence-electron chi connectivity index (χ3n) is 3.15. The summed E-state index contributed by atoms with van der Waals surface area (Å²) in [5, 5.41) is 14.0. The lowest BCUT2D eigenvalue weighted by Gasteiger charge is -2.23. The molecule has 1 fully saturated rings. The van der Waals surface area contributed by atoms with Crippen molar-refractivity contribution in [2.75, 3.05) is 19.8 Å². The molecule has 5 heteroatoms. The molecule has 1 unspecified atom stereocenters. The highest BCUT2D eigenvalue weighted by Crippen LogP contribution is 2.12. The third-order valence-corrected chi connectivity index (χ3v) is 3.15. The Morgan fingerprint density at radius 1 is 1.39 bits per heavy atom. The number of nitro groups is 1. The average Bonchev–Trinajstić information content (AvgIpc) is 2.40. The Kier molecular flexibility index (Phi) is 4.66. The van der Waals surface area contributed by atoms with E-state index in [0.717, 1.165) is 38.2 Å². The van der Waals surface area contributed by atoms with Crippen molar-refractivity contribution in [1.29, 1.82) is 0 Å². The van der Waals surface area contributed by atoms with Crippen LogP contribution in [0.5, 0.6) is 0 Å². The number of nitrogens with zero attached hydrogens (tertiary/aromatic N) is 1. The number of nitrogens with one attached hydrogen (secondary N) is 1. The second-order valence-corrected chi connectivity index (χ2v) is 4.54. The molecule has 1 aliphatic rings. The predicted molar refractivity (Wildman–Crippen MR) is 68.6 cm³/mol. The van der Waals surface area contributed by atoms with Crippen LogP contribution in [0.1, 0.15) is 18.4 Å². The van der Waals surface area contributed by atoms with E-state index in [9.17, 15) is 10.1 Å². The summed E-state index contributed by atoms with van der Waals surface area (Å²) in [7, 11) is 0. The third kappa shape index (κ3) is 3.78. The molecule has 2 rings (SSSR count). The van der Waals surface area contributed by atoms with Crippen LogP contribution in [0.3, 0.4) is 0 Å². The molecule has 0 amide bonds. The van der Waals surface area contributed by atoms with Crippen LogP contribution in [0.25, 0.3) is 0 Å². The van der Waals surface area contributed by atoms with Crippen LogP contribution in [0.2, 0.25) is 0 Å². The lowest BCUT2D eigenvalue weighted by atomic mass is 10.1. The van der Waals surface area contributed by atoms with Gasteiger partial charge >= 0.3 is 0 Å². The molecule has 1 aromatic carbocycles. The summed E-state index contributed by atoms with van der Waals surface area (Å²) in [6.45, 7) is 2.55. The molecule has 0 bridgehead atoms. The predicted octanol–water partition coefficient (Wildman–Crippen LogP) is 1.91. The zero-order valence-corrected chi connectivity index (χ0v) is 10.3. The van der Waals surface area contributed by atoms with Gasteiger partial charge < -0.3 is 10.1 Å². The Morgan fingerprint density at radius 3 is 2.78 bits per heavy atom. The van der Waals surface area contributed by atoms with Crippen molar-refractivity contribution in [3.05, 3.63) is 39.9 Å². The SMILES string of the molecule is O=[N+]([O-])c1ccc(CCNC2CCCOC2)cc1. The molecule has 1 heterocycles. The van der Waals surface area contributed by atoms with Gasteiger partial charge in [-0.1, -0.05) is 12.1 Å². The van der Waals surface area contributed by atoms with Gasteiger partial charge in [0.05, 0.1) is 11.5 Å². The summed E-state index contributed by atoms with van der Waals surface area (Å²) in [6.07, 6.45) is 3.17. The quantitative estimate of drug-likeness (QED) is 0.640. The summed E-state index contributed by atoms with van der Waals surface area (Å²) in [5.41, 5.74) is 1.26. The van der Waals surface area contributed by atoms with Crippen molar-refractivity contribution in [2.24, 2.45) is 0 Å². The van der Waals surface area contributed by atoms with Gasteiger partial charge in [-0.15, -0.1) is 0 Å². The second-order valence-electron chi connectivity index (χ2n) is 4.54. The van der Waals surface area contributed by atoms with Gasteiger partial charge in [0.1, 0.15) is 0 Å². The first kappa shape index (κ1) is 13.0. The van der Waals surface area contributed by atoms with Crippen molar-refractivity contribution in [1.82, 2.24) is 5.32 Å². The van der Waals surface area contributed by atoms with E-state index in [4.69, 9.17) is 4.74 Å².